The smallest absolute Gasteiger partial charge is 0.289 e. The van der Waals surface area contributed by atoms with Crippen LogP contribution in [0.4, 0.5) is 5.69 Å². The number of aromatic amines is 1. The number of nitro groups is 1. The summed E-state index contributed by atoms with van der Waals surface area (Å²) >= 11 is 0. The van der Waals surface area contributed by atoms with Crippen LogP contribution in [0.3, 0.4) is 0 Å². The van der Waals surface area contributed by atoms with Crippen molar-refractivity contribution in [3.05, 3.63) is 70.5 Å². The molecule has 0 aliphatic carbocycles. The van der Waals surface area contributed by atoms with Gasteiger partial charge in [-0.15, -0.1) is 0 Å². The number of carbonyl (C=O) groups is 1. The normalized spacial score (nSPS) is 10.8. The second-order valence-corrected chi connectivity index (χ2v) is 4.67. The summed E-state index contributed by atoms with van der Waals surface area (Å²) in [5, 5.41) is 14.4. The van der Waals surface area contributed by atoms with Crippen molar-refractivity contribution >= 4 is 17.8 Å². The van der Waals surface area contributed by atoms with Gasteiger partial charge in [0.15, 0.2) is 0 Å². The molecule has 0 saturated carbocycles. The second-order valence-electron chi connectivity index (χ2n) is 4.67. The minimum Gasteiger partial charge on any atom is -0.455 e. The van der Waals surface area contributed by atoms with Crippen molar-refractivity contribution in [1.82, 2.24) is 15.4 Å². The van der Waals surface area contributed by atoms with Crippen molar-refractivity contribution in [3.8, 4) is 11.3 Å². The average Bonchev–Trinajstić information content (AvgIpc) is 3.27. The number of rotatable bonds is 5. The van der Waals surface area contributed by atoms with Crippen LogP contribution < -0.4 is 5.43 Å². The van der Waals surface area contributed by atoms with E-state index in [1.54, 1.807) is 24.3 Å². The van der Waals surface area contributed by atoms with Crippen LogP contribution in [0.25, 0.3) is 11.3 Å². The molecule has 0 fully saturated rings. The topological polar surface area (TPSA) is 126 Å². The third kappa shape index (κ3) is 3.35. The molecule has 0 saturated heterocycles. The first-order valence-corrected chi connectivity index (χ1v) is 6.80. The Balaban J connectivity index is 1.66. The first-order chi connectivity index (χ1) is 11.6. The molecule has 3 aromatic rings. The summed E-state index contributed by atoms with van der Waals surface area (Å²) in [5.41, 5.74) is 3.32. The number of nitro benzene ring substituents is 1. The van der Waals surface area contributed by atoms with E-state index in [1.165, 1.54) is 30.9 Å². The van der Waals surface area contributed by atoms with Crippen LogP contribution in [0, 0.1) is 10.1 Å². The molecule has 0 atom stereocenters. The Kier molecular flexibility index (Phi) is 4.15. The molecule has 2 heterocycles. The van der Waals surface area contributed by atoms with Crippen LogP contribution in [0.5, 0.6) is 0 Å². The van der Waals surface area contributed by atoms with Gasteiger partial charge in [0.2, 0.25) is 0 Å². The zero-order chi connectivity index (χ0) is 16.9. The van der Waals surface area contributed by atoms with E-state index in [1.807, 2.05) is 0 Å². The van der Waals surface area contributed by atoms with Crippen LogP contribution in [-0.4, -0.2) is 27.0 Å². The van der Waals surface area contributed by atoms with Gasteiger partial charge in [-0.3, -0.25) is 14.9 Å². The van der Waals surface area contributed by atoms with Crippen molar-refractivity contribution in [2.45, 2.75) is 0 Å². The highest BCUT2D eigenvalue weighted by molar-refractivity contribution is 5.92. The second kappa shape index (κ2) is 6.57. The van der Waals surface area contributed by atoms with E-state index in [0.717, 1.165) is 0 Å². The first-order valence-electron chi connectivity index (χ1n) is 6.80. The number of hydrogen-bond acceptors (Lipinski definition) is 6. The maximum atomic E-state index is 11.6. The Morgan fingerprint density at radius 2 is 2.08 bits per heavy atom. The van der Waals surface area contributed by atoms with Crippen molar-refractivity contribution in [2.75, 3.05) is 0 Å². The lowest BCUT2D eigenvalue weighted by Crippen LogP contribution is -2.17. The zero-order valence-corrected chi connectivity index (χ0v) is 12.2. The number of non-ortho nitro benzene ring substituents is 1. The monoisotopic (exact) mass is 325 g/mol. The molecule has 0 spiro atoms. The lowest BCUT2D eigenvalue weighted by molar-refractivity contribution is -0.384. The fourth-order valence-corrected chi connectivity index (χ4v) is 1.92. The maximum absolute atomic E-state index is 11.6. The summed E-state index contributed by atoms with van der Waals surface area (Å²) in [6.45, 7) is 0. The number of aromatic nitrogens is 2. The number of amides is 1. The van der Waals surface area contributed by atoms with Gasteiger partial charge in [0.05, 0.1) is 23.7 Å². The fourth-order valence-electron chi connectivity index (χ4n) is 1.92. The minimum atomic E-state index is -0.466. The molecule has 0 aliphatic heterocycles. The number of furan rings is 1. The minimum absolute atomic E-state index is 0.00797. The van der Waals surface area contributed by atoms with Crippen molar-refractivity contribution in [2.24, 2.45) is 5.10 Å². The van der Waals surface area contributed by atoms with Gasteiger partial charge in [-0.2, -0.15) is 5.10 Å². The molecular weight excluding hydrogens is 314 g/mol. The van der Waals surface area contributed by atoms with Crippen LogP contribution >= 0.6 is 0 Å². The van der Waals surface area contributed by atoms with Gasteiger partial charge in [-0.25, -0.2) is 10.4 Å². The Hall–Kier alpha value is -3.75. The molecule has 2 aromatic heterocycles. The summed E-state index contributed by atoms with van der Waals surface area (Å²) < 4.78 is 5.55. The van der Waals surface area contributed by atoms with Gasteiger partial charge in [-0.05, 0) is 24.3 Å². The summed E-state index contributed by atoms with van der Waals surface area (Å²) in [6.07, 6.45) is 4.12. The Bertz CT molecular complexity index is 881. The highest BCUT2D eigenvalue weighted by Gasteiger charge is 2.08. The quantitative estimate of drug-likeness (QED) is 0.423. The van der Waals surface area contributed by atoms with E-state index in [4.69, 9.17) is 4.42 Å². The Morgan fingerprint density at radius 3 is 2.75 bits per heavy atom. The zero-order valence-electron chi connectivity index (χ0n) is 12.2. The number of hydrazone groups is 1. The maximum Gasteiger partial charge on any atom is 0.289 e. The van der Waals surface area contributed by atoms with E-state index < -0.39 is 10.8 Å². The average molecular weight is 325 g/mol. The van der Waals surface area contributed by atoms with E-state index in [-0.39, 0.29) is 11.4 Å². The van der Waals surface area contributed by atoms with E-state index in [9.17, 15) is 14.9 Å². The lowest BCUT2D eigenvalue weighted by atomic mass is 10.1. The molecule has 1 aromatic carbocycles. The third-order valence-corrected chi connectivity index (χ3v) is 3.09. The van der Waals surface area contributed by atoms with Gasteiger partial charge < -0.3 is 9.40 Å². The van der Waals surface area contributed by atoms with E-state index in [0.29, 0.717) is 17.1 Å². The van der Waals surface area contributed by atoms with E-state index in [2.05, 4.69) is 20.5 Å². The predicted octanol–water partition coefficient (Wildman–Crippen LogP) is 2.34. The number of nitrogens with zero attached hydrogens (tertiary/aromatic N) is 3. The fraction of sp³-hybridized carbons (Fsp3) is 0. The molecule has 1 amide bonds. The molecule has 9 nitrogen and oxygen atoms in total. The largest absolute Gasteiger partial charge is 0.455 e. The molecule has 3 rings (SSSR count). The number of benzene rings is 1. The first kappa shape index (κ1) is 15.2. The van der Waals surface area contributed by atoms with Crippen molar-refractivity contribution < 1.29 is 14.1 Å². The molecule has 0 bridgehead atoms. The Morgan fingerprint density at radius 1 is 1.29 bits per heavy atom. The molecule has 24 heavy (non-hydrogen) atoms. The predicted molar refractivity (Wildman–Crippen MR) is 84.4 cm³/mol. The number of carbonyl (C=O) groups excluding carboxylic acids is 1. The van der Waals surface area contributed by atoms with Gasteiger partial charge in [0.25, 0.3) is 11.6 Å². The van der Waals surface area contributed by atoms with Crippen LogP contribution in [-0.2, 0) is 0 Å². The van der Waals surface area contributed by atoms with Crippen LogP contribution in [0.1, 0.15) is 16.2 Å². The SMILES string of the molecule is O=C(N/N=C/c1ccc(-c2ccc([N+](=O)[O-])cc2)o1)c1cnc[nH]1. The molecule has 0 aliphatic rings. The van der Waals surface area contributed by atoms with Gasteiger partial charge in [-0.1, -0.05) is 0 Å². The number of H-pyrrole nitrogens is 1. The van der Waals surface area contributed by atoms with Crippen LogP contribution in [0.2, 0.25) is 0 Å². The highest BCUT2D eigenvalue weighted by atomic mass is 16.6. The summed E-state index contributed by atoms with van der Waals surface area (Å²) in [5.74, 6) is 0.533. The molecular formula is C15H11N5O4. The Labute approximate surface area is 135 Å². The molecule has 9 heteroatoms. The van der Waals surface area contributed by atoms with E-state index >= 15 is 0 Å². The van der Waals surface area contributed by atoms with Gasteiger partial charge >= 0.3 is 0 Å². The van der Waals surface area contributed by atoms with Crippen molar-refractivity contribution in [1.29, 1.82) is 0 Å². The highest BCUT2D eigenvalue weighted by Crippen LogP contribution is 2.23. The number of imidazole rings is 1. The third-order valence-electron chi connectivity index (χ3n) is 3.09. The molecule has 0 unspecified atom stereocenters. The number of nitrogens with one attached hydrogen (secondary N) is 2. The lowest BCUT2D eigenvalue weighted by Gasteiger charge is -1.96. The summed E-state index contributed by atoms with van der Waals surface area (Å²) in [4.78, 5) is 28.2. The molecule has 0 radical (unpaired) electrons. The van der Waals surface area contributed by atoms with Gasteiger partial charge in [0.1, 0.15) is 17.2 Å². The molecule has 120 valence electrons. The standard InChI is InChI=1S/C15H11N5O4/c21-15(13-8-16-9-17-13)19-18-7-12-5-6-14(24-12)10-1-3-11(4-2-10)20(22)23/h1-9H,(H,16,17)(H,19,21)/b18-7+. The summed E-state index contributed by atoms with van der Waals surface area (Å²) in [7, 11) is 0. The van der Waals surface area contributed by atoms with Crippen LogP contribution in [0.15, 0.2) is 58.4 Å². The molecule has 2 N–H and O–H groups in total. The van der Waals surface area contributed by atoms with Crippen molar-refractivity contribution in [3.63, 3.8) is 0 Å². The van der Waals surface area contributed by atoms with Gasteiger partial charge in [0, 0.05) is 17.7 Å². The number of hydrogen-bond donors (Lipinski definition) is 2. The summed E-state index contributed by atoms with van der Waals surface area (Å²) in [6, 6.07) is 9.37.